The van der Waals surface area contributed by atoms with E-state index in [0.29, 0.717) is 0 Å². The van der Waals surface area contributed by atoms with Gasteiger partial charge in [0.1, 0.15) is 16.1 Å². The molecule has 1 fully saturated rings. The third kappa shape index (κ3) is 2.71. The van der Waals surface area contributed by atoms with Crippen molar-refractivity contribution in [1.82, 2.24) is 9.29 Å². The van der Waals surface area contributed by atoms with E-state index in [1.165, 1.54) is 18.3 Å². The van der Waals surface area contributed by atoms with Crippen LogP contribution in [0.3, 0.4) is 0 Å². The van der Waals surface area contributed by atoms with Crippen molar-refractivity contribution in [3.63, 3.8) is 0 Å². The third-order valence-corrected chi connectivity index (χ3v) is 5.03. The van der Waals surface area contributed by atoms with Gasteiger partial charge in [-0.15, -0.1) is 0 Å². The van der Waals surface area contributed by atoms with Gasteiger partial charge in [-0.25, -0.2) is 13.4 Å². The number of pyridine rings is 1. The molecule has 104 valence electrons. The Balaban J connectivity index is 2.43. The maximum absolute atomic E-state index is 12.4. The smallest absolute Gasteiger partial charge is 0.324 e. The zero-order valence-corrected chi connectivity index (χ0v) is 11.3. The average Bonchev–Trinajstić information content (AvgIpc) is 2.39. The van der Waals surface area contributed by atoms with Crippen molar-refractivity contribution in [3.8, 4) is 0 Å². The highest BCUT2D eigenvalue weighted by molar-refractivity contribution is 7.89. The number of morpholine rings is 1. The number of hydrogen-bond donors (Lipinski definition) is 1. The molecule has 1 aliphatic heterocycles. The summed E-state index contributed by atoms with van der Waals surface area (Å²) in [6.45, 7) is -0.0855. The van der Waals surface area contributed by atoms with E-state index in [1.54, 1.807) is 0 Å². The van der Waals surface area contributed by atoms with Crippen molar-refractivity contribution in [2.24, 2.45) is 0 Å². The average molecular weight is 307 g/mol. The van der Waals surface area contributed by atoms with Crippen molar-refractivity contribution in [3.05, 3.63) is 23.5 Å². The predicted molar refractivity (Wildman–Crippen MR) is 65.4 cm³/mol. The Kier molecular flexibility index (Phi) is 4.04. The monoisotopic (exact) mass is 306 g/mol. The molecule has 0 radical (unpaired) electrons. The highest BCUT2D eigenvalue weighted by atomic mass is 35.5. The van der Waals surface area contributed by atoms with Gasteiger partial charge in [-0.2, -0.15) is 4.31 Å². The summed E-state index contributed by atoms with van der Waals surface area (Å²) >= 11 is 5.76. The van der Waals surface area contributed by atoms with Gasteiger partial charge < -0.3 is 9.84 Å². The first-order valence-corrected chi connectivity index (χ1v) is 7.19. The molecule has 1 aromatic heterocycles. The van der Waals surface area contributed by atoms with E-state index in [1.807, 2.05) is 0 Å². The van der Waals surface area contributed by atoms with Crippen LogP contribution in [0.15, 0.2) is 23.2 Å². The highest BCUT2D eigenvalue weighted by Crippen LogP contribution is 2.25. The number of aromatic nitrogens is 1. The normalized spacial score (nSPS) is 21.2. The molecule has 7 nitrogen and oxygen atoms in total. The Morgan fingerprint density at radius 2 is 2.32 bits per heavy atom. The van der Waals surface area contributed by atoms with Gasteiger partial charge in [-0.3, -0.25) is 4.79 Å². The summed E-state index contributed by atoms with van der Waals surface area (Å²) in [5, 5.41) is 8.87. The van der Waals surface area contributed by atoms with Gasteiger partial charge in [0, 0.05) is 12.7 Å². The maximum Gasteiger partial charge on any atom is 0.324 e. The molecule has 1 aliphatic rings. The van der Waals surface area contributed by atoms with E-state index in [0.717, 1.165) is 4.31 Å². The molecule has 2 heterocycles. The second-order valence-corrected chi connectivity index (χ2v) is 6.05. The Morgan fingerprint density at radius 3 is 2.95 bits per heavy atom. The molecule has 0 bridgehead atoms. The number of nitrogens with zero attached hydrogens (tertiary/aromatic N) is 2. The highest BCUT2D eigenvalue weighted by Gasteiger charge is 2.39. The molecular weight excluding hydrogens is 296 g/mol. The molecule has 0 amide bonds. The van der Waals surface area contributed by atoms with E-state index in [4.69, 9.17) is 21.4 Å². The molecule has 1 unspecified atom stereocenters. The summed E-state index contributed by atoms with van der Waals surface area (Å²) in [7, 11) is -4.01. The van der Waals surface area contributed by atoms with Crippen LogP contribution in [0, 0.1) is 0 Å². The van der Waals surface area contributed by atoms with E-state index < -0.39 is 22.0 Å². The Hall–Kier alpha value is -1.22. The molecule has 0 aromatic carbocycles. The molecule has 1 N–H and O–H groups in total. The first-order chi connectivity index (χ1) is 8.94. The fourth-order valence-corrected chi connectivity index (χ4v) is 3.74. The van der Waals surface area contributed by atoms with E-state index in [-0.39, 0.29) is 29.8 Å². The summed E-state index contributed by atoms with van der Waals surface area (Å²) in [4.78, 5) is 14.6. The summed E-state index contributed by atoms with van der Waals surface area (Å²) in [5.74, 6) is -1.26. The fraction of sp³-hybridized carbons (Fsp3) is 0.400. The largest absolute Gasteiger partial charge is 0.480 e. The first kappa shape index (κ1) is 14.2. The molecule has 1 saturated heterocycles. The SMILES string of the molecule is O=C(O)C1COCCN1S(=O)(=O)c1cccnc1Cl. The fourth-order valence-electron chi connectivity index (χ4n) is 1.76. The number of halogens is 1. The van der Waals surface area contributed by atoms with Gasteiger partial charge >= 0.3 is 5.97 Å². The van der Waals surface area contributed by atoms with E-state index in [2.05, 4.69) is 4.98 Å². The Bertz CT molecular complexity index is 591. The quantitative estimate of drug-likeness (QED) is 0.802. The van der Waals surface area contributed by atoms with Crippen LogP contribution in [-0.4, -0.2) is 54.6 Å². The first-order valence-electron chi connectivity index (χ1n) is 5.37. The van der Waals surface area contributed by atoms with Gasteiger partial charge in [-0.1, -0.05) is 11.6 Å². The number of aliphatic carboxylic acids is 1. The van der Waals surface area contributed by atoms with Crippen LogP contribution >= 0.6 is 11.6 Å². The van der Waals surface area contributed by atoms with E-state index >= 15 is 0 Å². The number of carboxylic acids is 1. The molecule has 2 rings (SSSR count). The minimum Gasteiger partial charge on any atom is -0.480 e. The summed E-state index contributed by atoms with van der Waals surface area (Å²) < 4.78 is 30.7. The standard InChI is InChI=1S/C10H11ClN2O5S/c11-9-8(2-1-3-12-9)19(16,17)13-4-5-18-6-7(13)10(14)15/h1-3,7H,4-6H2,(H,14,15). The lowest BCUT2D eigenvalue weighted by molar-refractivity contribution is -0.146. The summed E-state index contributed by atoms with van der Waals surface area (Å²) in [6.07, 6.45) is 1.36. The van der Waals surface area contributed by atoms with Gasteiger partial charge in [0.05, 0.1) is 13.2 Å². The Labute approximate surface area is 114 Å². The molecule has 1 atom stereocenters. The number of carboxylic acid groups (broad SMARTS) is 1. The zero-order valence-electron chi connectivity index (χ0n) is 9.69. The van der Waals surface area contributed by atoms with Crippen LogP contribution in [0.25, 0.3) is 0 Å². The lowest BCUT2D eigenvalue weighted by Crippen LogP contribution is -2.52. The number of sulfonamides is 1. The van der Waals surface area contributed by atoms with E-state index in [9.17, 15) is 13.2 Å². The lowest BCUT2D eigenvalue weighted by atomic mass is 10.3. The van der Waals surface area contributed by atoms with Gasteiger partial charge in [0.2, 0.25) is 10.0 Å². The van der Waals surface area contributed by atoms with Crippen LogP contribution in [0.5, 0.6) is 0 Å². The van der Waals surface area contributed by atoms with Gasteiger partial charge in [-0.05, 0) is 12.1 Å². The number of hydrogen-bond acceptors (Lipinski definition) is 5. The number of ether oxygens (including phenoxy) is 1. The molecular formula is C10H11ClN2O5S. The van der Waals surface area contributed by atoms with Crippen molar-refractivity contribution in [2.75, 3.05) is 19.8 Å². The number of carbonyl (C=O) groups is 1. The van der Waals surface area contributed by atoms with Gasteiger partial charge in [0.15, 0.2) is 0 Å². The van der Waals surface area contributed by atoms with Crippen molar-refractivity contribution in [2.45, 2.75) is 10.9 Å². The maximum atomic E-state index is 12.4. The van der Waals surface area contributed by atoms with Crippen molar-refractivity contribution >= 4 is 27.6 Å². The summed E-state index contributed by atoms with van der Waals surface area (Å²) in [5.41, 5.74) is 0. The zero-order chi connectivity index (χ0) is 14.0. The molecule has 9 heteroatoms. The second-order valence-electron chi connectivity index (χ2n) is 3.84. The molecule has 0 aliphatic carbocycles. The van der Waals surface area contributed by atoms with Crippen LogP contribution in [0.1, 0.15) is 0 Å². The van der Waals surface area contributed by atoms with Crippen molar-refractivity contribution in [1.29, 1.82) is 0 Å². The molecule has 0 saturated carbocycles. The van der Waals surface area contributed by atoms with Crippen molar-refractivity contribution < 1.29 is 23.1 Å². The minimum atomic E-state index is -4.01. The molecule has 19 heavy (non-hydrogen) atoms. The van der Waals surface area contributed by atoms with Gasteiger partial charge in [0.25, 0.3) is 0 Å². The molecule has 1 aromatic rings. The lowest BCUT2D eigenvalue weighted by Gasteiger charge is -2.31. The van der Waals surface area contributed by atoms with Crippen LogP contribution in [0.4, 0.5) is 0 Å². The second kappa shape index (κ2) is 5.41. The third-order valence-electron chi connectivity index (χ3n) is 2.68. The molecule has 0 spiro atoms. The Morgan fingerprint density at radius 1 is 1.58 bits per heavy atom. The number of rotatable bonds is 3. The van der Waals surface area contributed by atoms with Crippen LogP contribution in [0.2, 0.25) is 5.15 Å². The van der Waals surface area contributed by atoms with Crippen LogP contribution < -0.4 is 0 Å². The minimum absolute atomic E-state index is 0.0372. The summed E-state index contributed by atoms with van der Waals surface area (Å²) in [6, 6.07) is 1.46. The predicted octanol–water partition coefficient (Wildman–Crippen LogP) is 0.209. The topological polar surface area (TPSA) is 96.8 Å². The van der Waals surface area contributed by atoms with Crippen LogP contribution in [-0.2, 0) is 19.6 Å².